The molecular formula is C20H30FN3O3S. The first kappa shape index (κ1) is 21.2. The van der Waals surface area contributed by atoms with Crippen molar-refractivity contribution in [2.45, 2.75) is 49.5 Å². The molecule has 2 heterocycles. The highest BCUT2D eigenvalue weighted by Gasteiger charge is 2.28. The van der Waals surface area contributed by atoms with Gasteiger partial charge in [-0.2, -0.15) is 0 Å². The van der Waals surface area contributed by atoms with E-state index >= 15 is 0 Å². The summed E-state index contributed by atoms with van der Waals surface area (Å²) in [6.07, 6.45) is 5.45. The fourth-order valence-corrected chi connectivity index (χ4v) is 5.31. The van der Waals surface area contributed by atoms with Crippen LogP contribution >= 0.6 is 0 Å². The third-order valence-corrected chi connectivity index (χ3v) is 7.73. The minimum atomic E-state index is -3.66. The lowest BCUT2D eigenvalue weighted by Crippen LogP contribution is -2.46. The van der Waals surface area contributed by atoms with Crippen LogP contribution in [0.4, 0.5) is 4.39 Å². The van der Waals surface area contributed by atoms with Crippen LogP contribution in [-0.4, -0.2) is 74.2 Å². The summed E-state index contributed by atoms with van der Waals surface area (Å²) in [6, 6.07) is 5.40. The first-order valence-electron chi connectivity index (χ1n) is 10.1. The molecule has 0 atom stereocenters. The number of hydrogen-bond acceptors (Lipinski definition) is 4. The molecule has 0 saturated carbocycles. The lowest BCUT2D eigenvalue weighted by atomic mass is 10.0. The smallest absolute Gasteiger partial charge is 0.242 e. The second-order valence-electron chi connectivity index (χ2n) is 7.74. The molecule has 28 heavy (non-hydrogen) atoms. The monoisotopic (exact) mass is 411 g/mol. The summed E-state index contributed by atoms with van der Waals surface area (Å²) in [5.41, 5.74) is 0. The normalized spacial score (nSPS) is 19.5. The van der Waals surface area contributed by atoms with Crippen LogP contribution in [0, 0.1) is 5.82 Å². The SMILES string of the molecule is CN(CCCC(=O)N1CCC(N2CCCC2)CC1)S(=O)(=O)c1ccc(F)cc1. The number of amides is 1. The number of halogens is 1. The van der Waals surface area contributed by atoms with Gasteiger partial charge in [-0.1, -0.05) is 0 Å². The van der Waals surface area contributed by atoms with Crippen molar-refractivity contribution in [3.8, 4) is 0 Å². The maximum Gasteiger partial charge on any atom is 0.242 e. The van der Waals surface area contributed by atoms with Gasteiger partial charge in [0.2, 0.25) is 15.9 Å². The Kier molecular flexibility index (Phi) is 7.06. The van der Waals surface area contributed by atoms with Crippen LogP contribution < -0.4 is 0 Å². The summed E-state index contributed by atoms with van der Waals surface area (Å²) in [7, 11) is -2.17. The molecule has 0 unspecified atom stereocenters. The molecular weight excluding hydrogens is 381 g/mol. The third-order valence-electron chi connectivity index (χ3n) is 5.86. The molecule has 0 aliphatic carbocycles. The number of rotatable bonds is 7. The van der Waals surface area contributed by atoms with E-state index in [1.54, 1.807) is 0 Å². The molecule has 0 aromatic heterocycles. The van der Waals surface area contributed by atoms with Gasteiger partial charge in [-0.05, 0) is 69.5 Å². The van der Waals surface area contributed by atoms with Crippen LogP contribution in [0.2, 0.25) is 0 Å². The zero-order valence-corrected chi connectivity index (χ0v) is 17.3. The van der Waals surface area contributed by atoms with Crippen LogP contribution in [-0.2, 0) is 14.8 Å². The minimum absolute atomic E-state index is 0.0618. The summed E-state index contributed by atoms with van der Waals surface area (Å²) in [4.78, 5) is 17.0. The van der Waals surface area contributed by atoms with E-state index in [2.05, 4.69) is 4.90 Å². The number of carbonyl (C=O) groups is 1. The Balaban J connectivity index is 1.41. The van der Waals surface area contributed by atoms with Crippen LogP contribution in [0.25, 0.3) is 0 Å². The van der Waals surface area contributed by atoms with Crippen molar-refractivity contribution >= 4 is 15.9 Å². The fraction of sp³-hybridized carbons (Fsp3) is 0.650. The fourth-order valence-electron chi connectivity index (χ4n) is 4.10. The zero-order valence-electron chi connectivity index (χ0n) is 16.5. The number of hydrogen-bond donors (Lipinski definition) is 0. The highest BCUT2D eigenvalue weighted by Crippen LogP contribution is 2.22. The van der Waals surface area contributed by atoms with E-state index in [4.69, 9.17) is 0 Å². The lowest BCUT2D eigenvalue weighted by Gasteiger charge is -2.36. The second kappa shape index (κ2) is 9.33. The van der Waals surface area contributed by atoms with Crippen molar-refractivity contribution in [3.63, 3.8) is 0 Å². The van der Waals surface area contributed by atoms with Crippen LogP contribution in [0.5, 0.6) is 0 Å². The molecule has 3 rings (SSSR count). The molecule has 2 aliphatic heterocycles. The van der Waals surface area contributed by atoms with Crippen LogP contribution in [0.15, 0.2) is 29.2 Å². The third kappa shape index (κ3) is 5.10. The Morgan fingerprint density at radius 3 is 2.32 bits per heavy atom. The quantitative estimate of drug-likeness (QED) is 0.691. The standard InChI is InChI=1S/C20H30FN3O3S/c1-22(28(26,27)19-8-6-17(21)7-9-19)12-4-5-20(25)24-15-10-18(11-16-24)23-13-2-3-14-23/h6-9,18H,2-5,10-16H2,1H3. The van der Waals surface area contributed by atoms with Crippen molar-refractivity contribution in [2.75, 3.05) is 39.8 Å². The predicted octanol–water partition coefficient (Wildman–Crippen LogP) is 2.31. The molecule has 1 aromatic rings. The number of piperidine rings is 1. The number of sulfonamides is 1. The molecule has 0 N–H and O–H groups in total. The first-order valence-corrected chi connectivity index (χ1v) is 11.6. The second-order valence-corrected chi connectivity index (χ2v) is 9.78. The Morgan fingerprint density at radius 1 is 1.11 bits per heavy atom. The van der Waals surface area contributed by atoms with Gasteiger partial charge in [0.15, 0.2) is 0 Å². The molecule has 1 aromatic carbocycles. The van der Waals surface area contributed by atoms with Crippen LogP contribution in [0.1, 0.15) is 38.5 Å². The molecule has 2 fully saturated rings. The number of benzene rings is 1. The largest absolute Gasteiger partial charge is 0.343 e. The maximum atomic E-state index is 13.0. The summed E-state index contributed by atoms with van der Waals surface area (Å²) in [6.45, 7) is 4.23. The Bertz CT molecular complexity index is 755. The molecule has 0 radical (unpaired) electrons. The molecule has 1 amide bonds. The average Bonchev–Trinajstić information content (AvgIpc) is 3.23. The van der Waals surface area contributed by atoms with Gasteiger partial charge in [-0.25, -0.2) is 17.1 Å². The number of likely N-dealkylation sites (tertiary alicyclic amines) is 2. The Hall–Kier alpha value is -1.51. The van der Waals surface area contributed by atoms with E-state index in [9.17, 15) is 17.6 Å². The van der Waals surface area contributed by atoms with Gasteiger partial charge in [0, 0.05) is 39.1 Å². The van der Waals surface area contributed by atoms with Crippen molar-refractivity contribution in [1.82, 2.24) is 14.1 Å². The summed E-state index contributed by atoms with van der Waals surface area (Å²) in [5.74, 6) is -0.367. The Labute approximate surface area is 167 Å². The zero-order chi connectivity index (χ0) is 20.1. The average molecular weight is 412 g/mol. The van der Waals surface area contributed by atoms with Crippen molar-refractivity contribution in [1.29, 1.82) is 0 Å². The highest BCUT2D eigenvalue weighted by atomic mass is 32.2. The number of carbonyl (C=O) groups excluding carboxylic acids is 1. The summed E-state index contributed by atoms with van der Waals surface area (Å²) < 4.78 is 39.2. The molecule has 8 heteroatoms. The van der Waals surface area contributed by atoms with Gasteiger partial charge in [0.05, 0.1) is 4.90 Å². The van der Waals surface area contributed by atoms with Gasteiger partial charge < -0.3 is 9.80 Å². The van der Waals surface area contributed by atoms with Gasteiger partial charge in [0.1, 0.15) is 5.82 Å². The molecule has 2 saturated heterocycles. The Morgan fingerprint density at radius 2 is 1.71 bits per heavy atom. The molecule has 0 bridgehead atoms. The topological polar surface area (TPSA) is 60.9 Å². The van der Waals surface area contributed by atoms with Gasteiger partial charge >= 0.3 is 0 Å². The van der Waals surface area contributed by atoms with Crippen molar-refractivity contribution < 1.29 is 17.6 Å². The summed E-state index contributed by atoms with van der Waals surface area (Å²) in [5, 5.41) is 0. The van der Waals surface area contributed by atoms with E-state index in [1.165, 1.54) is 49.4 Å². The van der Waals surface area contributed by atoms with Crippen molar-refractivity contribution in [2.24, 2.45) is 0 Å². The number of nitrogens with zero attached hydrogens (tertiary/aromatic N) is 3. The molecule has 2 aliphatic rings. The molecule has 6 nitrogen and oxygen atoms in total. The lowest BCUT2D eigenvalue weighted by molar-refractivity contribution is -0.132. The van der Waals surface area contributed by atoms with E-state index in [0.29, 0.717) is 18.9 Å². The summed E-state index contributed by atoms with van der Waals surface area (Å²) >= 11 is 0. The van der Waals surface area contributed by atoms with Gasteiger partial charge in [-0.3, -0.25) is 4.79 Å². The van der Waals surface area contributed by atoms with Gasteiger partial charge in [-0.15, -0.1) is 0 Å². The molecule has 0 spiro atoms. The van der Waals surface area contributed by atoms with Crippen molar-refractivity contribution in [3.05, 3.63) is 30.1 Å². The maximum absolute atomic E-state index is 13.0. The van der Waals surface area contributed by atoms with Gasteiger partial charge in [0.25, 0.3) is 0 Å². The first-order chi connectivity index (χ1) is 13.4. The highest BCUT2D eigenvalue weighted by molar-refractivity contribution is 7.89. The van der Waals surface area contributed by atoms with E-state index in [-0.39, 0.29) is 17.3 Å². The van der Waals surface area contributed by atoms with E-state index in [1.807, 2.05) is 4.90 Å². The van der Waals surface area contributed by atoms with Crippen LogP contribution in [0.3, 0.4) is 0 Å². The van der Waals surface area contributed by atoms with E-state index in [0.717, 1.165) is 38.1 Å². The molecule has 156 valence electrons. The predicted molar refractivity (Wildman–Crippen MR) is 106 cm³/mol. The minimum Gasteiger partial charge on any atom is -0.343 e. The van der Waals surface area contributed by atoms with E-state index < -0.39 is 15.8 Å².